The fraction of sp³-hybridized carbons (Fsp3) is 0.737. The third-order valence-electron chi connectivity index (χ3n) is 7.87. The number of aliphatic hydroxyl groups excluding tert-OH is 1. The molecule has 0 heterocycles. The fourth-order valence-electron chi connectivity index (χ4n) is 6.96. The van der Waals surface area contributed by atoms with E-state index in [2.05, 4.69) is 13.0 Å². The normalized spacial score (nSPS) is 57.0. The number of carbonyl (C=O) groups excluding carboxylic acids is 1. The van der Waals surface area contributed by atoms with Crippen molar-refractivity contribution in [2.75, 3.05) is 0 Å². The van der Waals surface area contributed by atoms with Crippen molar-refractivity contribution in [3.05, 3.63) is 23.8 Å². The van der Waals surface area contributed by atoms with Gasteiger partial charge in [0, 0.05) is 11.3 Å². The number of carbonyl (C=O) groups is 1. The summed E-state index contributed by atoms with van der Waals surface area (Å²) in [4.78, 5) is 11.7. The lowest BCUT2D eigenvalue weighted by atomic mass is 9.49. The van der Waals surface area contributed by atoms with Crippen molar-refractivity contribution in [2.45, 2.75) is 51.6 Å². The predicted molar refractivity (Wildman–Crippen MR) is 80.4 cm³/mol. The predicted octanol–water partition coefficient (Wildman–Crippen LogP) is 3.27. The van der Waals surface area contributed by atoms with E-state index in [0.29, 0.717) is 17.3 Å². The lowest BCUT2D eigenvalue weighted by molar-refractivity contribution is -0.112. The Bertz CT molecular complexity index is 588. The third-order valence-corrected chi connectivity index (χ3v) is 7.87. The highest BCUT2D eigenvalue weighted by Crippen LogP contribution is 2.76. The van der Waals surface area contributed by atoms with E-state index in [4.69, 9.17) is 0 Å². The zero-order valence-electron chi connectivity index (χ0n) is 12.7. The van der Waals surface area contributed by atoms with Gasteiger partial charge in [0.1, 0.15) is 0 Å². The van der Waals surface area contributed by atoms with Gasteiger partial charge in [-0.25, -0.2) is 0 Å². The maximum absolute atomic E-state index is 11.7. The first-order valence-electron chi connectivity index (χ1n) is 8.67. The Morgan fingerprint density at radius 1 is 1.24 bits per heavy atom. The van der Waals surface area contributed by atoms with Crippen LogP contribution in [-0.2, 0) is 4.79 Å². The Morgan fingerprint density at radius 3 is 2.90 bits per heavy atom. The first-order valence-corrected chi connectivity index (χ1v) is 8.67. The molecule has 0 aromatic heterocycles. The molecule has 21 heavy (non-hydrogen) atoms. The van der Waals surface area contributed by atoms with Crippen molar-refractivity contribution in [2.24, 2.45) is 34.5 Å². The van der Waals surface area contributed by atoms with Crippen LogP contribution in [0.3, 0.4) is 0 Å². The fourth-order valence-corrected chi connectivity index (χ4v) is 6.96. The molecule has 0 aromatic carbocycles. The monoisotopic (exact) mass is 284 g/mol. The van der Waals surface area contributed by atoms with Crippen LogP contribution in [0.1, 0.15) is 45.4 Å². The van der Waals surface area contributed by atoms with E-state index < -0.39 is 0 Å². The molecule has 4 saturated carbocycles. The average molecular weight is 284 g/mol. The van der Waals surface area contributed by atoms with Gasteiger partial charge in [-0.1, -0.05) is 18.6 Å². The highest BCUT2D eigenvalue weighted by Gasteiger charge is 2.69. The molecule has 112 valence electrons. The number of ketones is 1. The molecular weight excluding hydrogens is 260 g/mol. The largest absolute Gasteiger partial charge is 0.393 e. The smallest absolute Gasteiger partial charge is 0.178 e. The van der Waals surface area contributed by atoms with Crippen molar-refractivity contribution in [1.29, 1.82) is 0 Å². The van der Waals surface area contributed by atoms with Crippen molar-refractivity contribution in [1.82, 2.24) is 0 Å². The van der Waals surface area contributed by atoms with Gasteiger partial charge in [0.15, 0.2) is 5.78 Å². The topological polar surface area (TPSA) is 37.3 Å². The van der Waals surface area contributed by atoms with Crippen LogP contribution in [0.15, 0.2) is 23.8 Å². The molecule has 5 aliphatic rings. The molecule has 1 N–H and O–H groups in total. The Morgan fingerprint density at radius 2 is 2.10 bits per heavy atom. The van der Waals surface area contributed by atoms with Crippen LogP contribution in [0.25, 0.3) is 0 Å². The number of rotatable bonds is 0. The molecule has 0 bridgehead atoms. The molecule has 0 aliphatic heterocycles. The number of hydrogen-bond donors (Lipinski definition) is 1. The minimum absolute atomic E-state index is 0.0785. The van der Waals surface area contributed by atoms with Gasteiger partial charge in [-0.2, -0.15) is 0 Å². The molecule has 2 heteroatoms. The molecule has 0 aromatic rings. The average Bonchev–Trinajstić information content (AvgIpc) is 3.01. The molecule has 5 aliphatic carbocycles. The maximum Gasteiger partial charge on any atom is 0.178 e. The second-order valence-corrected chi connectivity index (χ2v) is 8.51. The quantitative estimate of drug-likeness (QED) is 0.741. The van der Waals surface area contributed by atoms with E-state index in [0.717, 1.165) is 24.7 Å². The molecule has 2 nitrogen and oxygen atoms in total. The molecule has 4 fully saturated rings. The van der Waals surface area contributed by atoms with Crippen LogP contribution >= 0.6 is 0 Å². The van der Waals surface area contributed by atoms with Crippen LogP contribution in [0, 0.1) is 34.5 Å². The molecule has 0 amide bonds. The molecular formula is C19H24O2. The highest BCUT2D eigenvalue weighted by atomic mass is 16.3. The minimum atomic E-state index is -0.180. The second-order valence-electron chi connectivity index (χ2n) is 8.51. The molecule has 0 saturated heterocycles. The van der Waals surface area contributed by atoms with E-state index in [1.165, 1.54) is 31.3 Å². The van der Waals surface area contributed by atoms with Gasteiger partial charge in [-0.3, -0.25) is 4.79 Å². The number of fused-ring (bicyclic) bond motifs is 4. The molecule has 0 radical (unpaired) electrons. The Balaban J connectivity index is 1.58. The summed E-state index contributed by atoms with van der Waals surface area (Å²) in [6.07, 6.45) is 12.9. The van der Waals surface area contributed by atoms with Gasteiger partial charge in [-0.15, -0.1) is 0 Å². The van der Waals surface area contributed by atoms with Gasteiger partial charge >= 0.3 is 0 Å². The zero-order chi connectivity index (χ0) is 14.4. The molecule has 7 atom stereocenters. The summed E-state index contributed by atoms with van der Waals surface area (Å²) in [5, 5.41) is 11.0. The minimum Gasteiger partial charge on any atom is -0.393 e. The Kier molecular flexibility index (Phi) is 2.23. The summed E-state index contributed by atoms with van der Waals surface area (Å²) in [5.74, 6) is 2.90. The van der Waals surface area contributed by atoms with Gasteiger partial charge in [0.25, 0.3) is 0 Å². The van der Waals surface area contributed by atoms with E-state index in [1.807, 2.05) is 6.08 Å². The summed E-state index contributed by atoms with van der Waals surface area (Å²) in [7, 11) is 0. The van der Waals surface area contributed by atoms with E-state index in [-0.39, 0.29) is 17.3 Å². The Labute approximate surface area is 126 Å². The molecule has 7 unspecified atom stereocenters. The maximum atomic E-state index is 11.7. The van der Waals surface area contributed by atoms with E-state index in [1.54, 1.807) is 6.08 Å². The summed E-state index contributed by atoms with van der Waals surface area (Å²) in [6, 6.07) is 0. The van der Waals surface area contributed by atoms with Gasteiger partial charge in [-0.05, 0) is 73.8 Å². The van der Waals surface area contributed by atoms with Crippen LogP contribution in [0.2, 0.25) is 0 Å². The van der Waals surface area contributed by atoms with Crippen molar-refractivity contribution in [3.63, 3.8) is 0 Å². The summed E-state index contributed by atoms with van der Waals surface area (Å²) >= 11 is 0. The zero-order valence-corrected chi connectivity index (χ0v) is 12.7. The van der Waals surface area contributed by atoms with Crippen LogP contribution < -0.4 is 0 Å². The van der Waals surface area contributed by atoms with Gasteiger partial charge < -0.3 is 5.11 Å². The van der Waals surface area contributed by atoms with E-state index >= 15 is 0 Å². The summed E-state index contributed by atoms with van der Waals surface area (Å²) < 4.78 is 0. The highest BCUT2D eigenvalue weighted by molar-refractivity contribution is 6.01. The number of aliphatic hydroxyl groups is 1. The van der Waals surface area contributed by atoms with Gasteiger partial charge in [0.05, 0.1) is 6.10 Å². The Hall–Kier alpha value is -0.890. The van der Waals surface area contributed by atoms with Crippen molar-refractivity contribution < 1.29 is 9.90 Å². The number of allylic oxidation sites excluding steroid dienone is 4. The lowest BCUT2D eigenvalue weighted by Crippen LogP contribution is -2.53. The molecule has 1 spiro atoms. The third kappa shape index (κ3) is 1.40. The van der Waals surface area contributed by atoms with Crippen LogP contribution in [0.4, 0.5) is 0 Å². The first-order chi connectivity index (χ1) is 10.0. The van der Waals surface area contributed by atoms with Crippen LogP contribution in [0.5, 0.6) is 0 Å². The second kappa shape index (κ2) is 3.71. The molecule has 5 rings (SSSR count). The van der Waals surface area contributed by atoms with Crippen LogP contribution in [-0.4, -0.2) is 17.0 Å². The van der Waals surface area contributed by atoms with Crippen molar-refractivity contribution >= 4 is 5.78 Å². The first kappa shape index (κ1) is 12.6. The van der Waals surface area contributed by atoms with Gasteiger partial charge in [0.2, 0.25) is 0 Å². The van der Waals surface area contributed by atoms with E-state index in [9.17, 15) is 9.90 Å². The lowest BCUT2D eigenvalue weighted by Gasteiger charge is -2.56. The SMILES string of the molecule is CC12C=CC(=O)C=C1CCC1C2C(O)CC23CC2CCC13. The summed E-state index contributed by atoms with van der Waals surface area (Å²) in [5.41, 5.74) is 1.72. The number of hydrogen-bond acceptors (Lipinski definition) is 2. The van der Waals surface area contributed by atoms with Crippen molar-refractivity contribution in [3.8, 4) is 0 Å². The summed E-state index contributed by atoms with van der Waals surface area (Å²) in [6.45, 7) is 2.26. The standard InChI is InChI=1S/C19H24O2/c1-18-7-6-13(20)8-11(18)2-4-14-15-5-3-12-9-19(12,15)10-16(21)17(14)18/h6-8,12,14-17,21H,2-5,9-10H2,1H3.